The number of ether oxygens (including phenoxy) is 1. The molecule has 2 unspecified atom stereocenters. The predicted octanol–water partition coefficient (Wildman–Crippen LogP) is 3.13. The van der Waals surface area contributed by atoms with Crippen molar-refractivity contribution in [3.8, 4) is 0 Å². The number of rotatable bonds is 7. The van der Waals surface area contributed by atoms with E-state index in [4.69, 9.17) is 10.5 Å². The zero-order valence-corrected chi connectivity index (χ0v) is 12.8. The highest BCUT2D eigenvalue weighted by atomic mass is 32.2. The van der Waals surface area contributed by atoms with Crippen molar-refractivity contribution in [1.29, 1.82) is 0 Å². The fourth-order valence-electron chi connectivity index (χ4n) is 1.64. The first-order chi connectivity index (χ1) is 8.60. The Balaban J connectivity index is 2.69. The third kappa shape index (κ3) is 4.30. The lowest BCUT2D eigenvalue weighted by atomic mass is 10.1. The summed E-state index contributed by atoms with van der Waals surface area (Å²) < 4.78 is 4.96. The standard InChI is InChI=1S/C13H21NO2S2/c1-4-10(14)13(12-9(3)6-7-17-12)18-8-11(15)16-5-2/h6-7,10,13H,4-5,8,14H2,1-3H3. The Labute approximate surface area is 117 Å². The van der Waals surface area contributed by atoms with Crippen molar-refractivity contribution >= 4 is 29.1 Å². The second kappa shape index (κ2) is 7.81. The number of carbonyl (C=O) groups excluding carboxylic acids is 1. The smallest absolute Gasteiger partial charge is 0.315 e. The minimum absolute atomic E-state index is 0.0711. The Morgan fingerprint density at radius 1 is 1.56 bits per heavy atom. The number of thiophene rings is 1. The van der Waals surface area contributed by atoms with Gasteiger partial charge in [-0.1, -0.05) is 6.92 Å². The molecule has 0 amide bonds. The van der Waals surface area contributed by atoms with Crippen LogP contribution in [0.4, 0.5) is 0 Å². The molecule has 0 aliphatic heterocycles. The molecular weight excluding hydrogens is 266 g/mol. The topological polar surface area (TPSA) is 52.3 Å². The summed E-state index contributed by atoms with van der Waals surface area (Å²) in [4.78, 5) is 12.7. The van der Waals surface area contributed by atoms with E-state index in [-0.39, 0.29) is 17.3 Å². The highest BCUT2D eigenvalue weighted by molar-refractivity contribution is 8.00. The van der Waals surface area contributed by atoms with Gasteiger partial charge in [-0.3, -0.25) is 4.79 Å². The van der Waals surface area contributed by atoms with E-state index in [0.29, 0.717) is 12.4 Å². The van der Waals surface area contributed by atoms with Gasteiger partial charge in [0.1, 0.15) is 0 Å². The van der Waals surface area contributed by atoms with Gasteiger partial charge < -0.3 is 10.5 Å². The van der Waals surface area contributed by atoms with E-state index in [9.17, 15) is 4.79 Å². The van der Waals surface area contributed by atoms with Gasteiger partial charge >= 0.3 is 5.97 Å². The molecule has 0 saturated carbocycles. The van der Waals surface area contributed by atoms with Gasteiger partial charge in [-0.2, -0.15) is 0 Å². The first kappa shape index (κ1) is 15.5. The Morgan fingerprint density at radius 2 is 2.28 bits per heavy atom. The number of carbonyl (C=O) groups is 1. The van der Waals surface area contributed by atoms with Gasteiger partial charge in [0.25, 0.3) is 0 Å². The van der Waals surface area contributed by atoms with Crippen molar-refractivity contribution in [2.75, 3.05) is 12.4 Å². The summed E-state index contributed by atoms with van der Waals surface area (Å²) in [5, 5.41) is 2.25. The van der Waals surface area contributed by atoms with Crippen molar-refractivity contribution in [3.63, 3.8) is 0 Å². The Bertz CT molecular complexity index is 379. The minimum atomic E-state index is -0.162. The normalized spacial score (nSPS) is 14.2. The predicted molar refractivity (Wildman–Crippen MR) is 79.2 cm³/mol. The molecule has 0 radical (unpaired) electrons. The monoisotopic (exact) mass is 287 g/mol. The van der Waals surface area contributed by atoms with Gasteiger partial charge in [-0.15, -0.1) is 23.1 Å². The summed E-state index contributed by atoms with van der Waals surface area (Å²) in [6.07, 6.45) is 0.901. The van der Waals surface area contributed by atoms with Gasteiger partial charge in [0, 0.05) is 10.9 Å². The van der Waals surface area contributed by atoms with Crippen LogP contribution in [0.3, 0.4) is 0 Å². The molecule has 0 aromatic carbocycles. The molecule has 0 spiro atoms. The molecule has 1 heterocycles. The van der Waals surface area contributed by atoms with Crippen LogP contribution in [0.2, 0.25) is 0 Å². The lowest BCUT2D eigenvalue weighted by Gasteiger charge is -2.22. The van der Waals surface area contributed by atoms with Crippen LogP contribution in [-0.4, -0.2) is 24.4 Å². The van der Waals surface area contributed by atoms with Crippen LogP contribution < -0.4 is 5.73 Å². The molecule has 0 saturated heterocycles. The molecule has 2 atom stereocenters. The van der Waals surface area contributed by atoms with Crippen LogP contribution in [0.1, 0.15) is 36.0 Å². The number of esters is 1. The van der Waals surface area contributed by atoms with E-state index in [1.54, 1.807) is 23.1 Å². The van der Waals surface area contributed by atoms with Gasteiger partial charge in [-0.25, -0.2) is 0 Å². The molecule has 0 bridgehead atoms. The van der Waals surface area contributed by atoms with Crippen LogP contribution in [0.5, 0.6) is 0 Å². The average Bonchev–Trinajstić information content (AvgIpc) is 2.76. The summed E-state index contributed by atoms with van der Waals surface area (Å²) in [5.74, 6) is 0.203. The lowest BCUT2D eigenvalue weighted by Crippen LogP contribution is -2.26. The van der Waals surface area contributed by atoms with Crippen LogP contribution in [0.25, 0.3) is 0 Å². The molecule has 0 aliphatic carbocycles. The second-order valence-corrected chi connectivity index (χ2v) is 6.15. The van der Waals surface area contributed by atoms with Crippen molar-refractivity contribution in [2.45, 2.75) is 38.5 Å². The molecule has 0 fully saturated rings. The lowest BCUT2D eigenvalue weighted by molar-refractivity contribution is -0.139. The molecular formula is C13H21NO2S2. The Morgan fingerprint density at radius 3 is 2.78 bits per heavy atom. The largest absolute Gasteiger partial charge is 0.465 e. The van der Waals surface area contributed by atoms with Crippen LogP contribution in [0.15, 0.2) is 11.4 Å². The van der Waals surface area contributed by atoms with E-state index in [0.717, 1.165) is 6.42 Å². The van der Waals surface area contributed by atoms with E-state index < -0.39 is 0 Å². The van der Waals surface area contributed by atoms with Gasteiger partial charge in [-0.05, 0) is 37.3 Å². The van der Waals surface area contributed by atoms with Crippen LogP contribution >= 0.6 is 23.1 Å². The molecule has 1 aromatic rings. The third-order valence-electron chi connectivity index (χ3n) is 2.71. The van der Waals surface area contributed by atoms with Crippen molar-refractivity contribution in [1.82, 2.24) is 0 Å². The van der Waals surface area contributed by atoms with Crippen molar-refractivity contribution in [3.05, 3.63) is 21.9 Å². The third-order valence-corrected chi connectivity index (χ3v) is 5.30. The zero-order valence-electron chi connectivity index (χ0n) is 11.1. The number of thioether (sulfide) groups is 1. The van der Waals surface area contributed by atoms with E-state index in [1.165, 1.54) is 10.4 Å². The van der Waals surface area contributed by atoms with Gasteiger partial charge in [0.2, 0.25) is 0 Å². The van der Waals surface area contributed by atoms with E-state index in [1.807, 2.05) is 6.92 Å². The first-order valence-corrected chi connectivity index (χ1v) is 8.09. The fraction of sp³-hybridized carbons (Fsp3) is 0.615. The molecule has 1 aromatic heterocycles. The highest BCUT2D eigenvalue weighted by Gasteiger charge is 2.23. The molecule has 102 valence electrons. The first-order valence-electron chi connectivity index (χ1n) is 6.16. The summed E-state index contributed by atoms with van der Waals surface area (Å²) in [7, 11) is 0. The number of hydrogen-bond donors (Lipinski definition) is 1. The fourth-order valence-corrected chi connectivity index (χ4v) is 4.17. The molecule has 3 nitrogen and oxygen atoms in total. The maximum atomic E-state index is 11.4. The number of aryl methyl sites for hydroxylation is 1. The highest BCUT2D eigenvalue weighted by Crippen LogP contribution is 2.37. The maximum absolute atomic E-state index is 11.4. The average molecular weight is 287 g/mol. The maximum Gasteiger partial charge on any atom is 0.315 e. The number of nitrogens with two attached hydrogens (primary N) is 1. The minimum Gasteiger partial charge on any atom is -0.465 e. The van der Waals surface area contributed by atoms with Crippen molar-refractivity contribution in [2.24, 2.45) is 5.73 Å². The number of hydrogen-bond acceptors (Lipinski definition) is 5. The Kier molecular flexibility index (Phi) is 6.75. The molecule has 5 heteroatoms. The SMILES string of the molecule is CCOC(=O)CSC(c1sccc1C)C(N)CC. The van der Waals surface area contributed by atoms with Crippen molar-refractivity contribution < 1.29 is 9.53 Å². The second-order valence-electron chi connectivity index (χ2n) is 4.08. The molecule has 0 aliphatic rings. The summed E-state index contributed by atoms with van der Waals surface area (Å²) in [6, 6.07) is 2.17. The van der Waals surface area contributed by atoms with Gasteiger partial charge in [0.05, 0.1) is 17.6 Å². The summed E-state index contributed by atoms with van der Waals surface area (Å²) in [5.41, 5.74) is 7.43. The van der Waals surface area contributed by atoms with E-state index in [2.05, 4.69) is 25.3 Å². The van der Waals surface area contributed by atoms with Crippen LogP contribution in [-0.2, 0) is 9.53 Å². The summed E-state index contributed by atoms with van der Waals surface area (Å²) in [6.45, 7) is 6.42. The van der Waals surface area contributed by atoms with Crippen LogP contribution in [0, 0.1) is 6.92 Å². The van der Waals surface area contributed by atoms with E-state index >= 15 is 0 Å². The molecule has 1 rings (SSSR count). The zero-order chi connectivity index (χ0) is 13.5. The Hall–Kier alpha value is -0.520. The molecule has 2 N–H and O–H groups in total. The summed E-state index contributed by atoms with van der Waals surface area (Å²) >= 11 is 3.30. The quantitative estimate of drug-likeness (QED) is 0.783. The molecule has 18 heavy (non-hydrogen) atoms. The van der Waals surface area contributed by atoms with Gasteiger partial charge in [0.15, 0.2) is 0 Å².